The Morgan fingerprint density at radius 3 is 2.67 bits per heavy atom. The molecule has 0 saturated carbocycles. The van der Waals surface area contributed by atoms with Gasteiger partial charge in [-0.2, -0.15) is 0 Å². The van der Waals surface area contributed by atoms with E-state index in [-0.39, 0.29) is 0 Å². The maximum atomic E-state index is 11.4. The van der Waals surface area contributed by atoms with Crippen molar-refractivity contribution in [2.45, 2.75) is 0 Å². The summed E-state index contributed by atoms with van der Waals surface area (Å²) in [5, 5.41) is 0. The number of ether oxygens (including phenoxy) is 1. The van der Waals surface area contributed by atoms with E-state index in [4.69, 9.17) is 0 Å². The van der Waals surface area contributed by atoms with Gasteiger partial charge in [-0.15, -0.1) is 0 Å². The molecule has 0 atom stereocenters. The predicted molar refractivity (Wildman–Crippen MR) is 30.8 cm³/mol. The Morgan fingerprint density at radius 1 is 1.44 bits per heavy atom. The van der Waals surface area contributed by atoms with Crippen molar-refractivity contribution < 1.29 is 9.13 Å². The van der Waals surface area contributed by atoms with Gasteiger partial charge in [0.05, 0.1) is 0 Å². The molecule has 48 valence electrons. The second-order valence-corrected chi connectivity index (χ2v) is 1.44. The Balaban J connectivity index is 2.61. The van der Waals surface area contributed by atoms with Crippen LogP contribution in [0.2, 0.25) is 0 Å². The molecule has 9 heavy (non-hydrogen) atoms. The fourth-order valence-electron chi connectivity index (χ4n) is 0.497. The highest BCUT2D eigenvalue weighted by atomic mass is 19.1. The first-order valence-electron chi connectivity index (χ1n) is 2.52. The fraction of sp³-hybridized carbons (Fsp3) is 0.167. The van der Waals surface area contributed by atoms with E-state index in [1.54, 1.807) is 24.5 Å². The third-order valence-electron chi connectivity index (χ3n) is 0.871. The molecule has 0 amide bonds. The van der Waals surface area contributed by atoms with Gasteiger partial charge in [-0.25, -0.2) is 4.39 Å². The lowest BCUT2D eigenvalue weighted by atomic mass is 10.5. The van der Waals surface area contributed by atoms with E-state index >= 15 is 0 Å². The molecule has 0 bridgehead atoms. The highest BCUT2D eigenvalue weighted by Gasteiger charge is 1.86. The molecule has 1 heterocycles. The second kappa shape index (κ2) is 3.02. The van der Waals surface area contributed by atoms with Crippen LogP contribution in [0.1, 0.15) is 0 Å². The Kier molecular flexibility index (Phi) is 2.01. The molecule has 1 aromatic rings. The fourth-order valence-corrected chi connectivity index (χ4v) is 0.497. The van der Waals surface area contributed by atoms with Crippen LogP contribution in [-0.2, 0) is 0 Å². The highest BCUT2D eigenvalue weighted by Crippen LogP contribution is 2.05. The molecule has 0 aromatic carbocycles. The van der Waals surface area contributed by atoms with Gasteiger partial charge in [-0.05, 0) is 12.1 Å². The average Bonchev–Trinajstić information content (AvgIpc) is 1.91. The van der Waals surface area contributed by atoms with E-state index in [0.29, 0.717) is 5.75 Å². The van der Waals surface area contributed by atoms with E-state index in [1.807, 2.05) is 0 Å². The zero-order valence-corrected chi connectivity index (χ0v) is 4.75. The molecule has 0 unspecified atom stereocenters. The number of hydrogen-bond donors (Lipinski definition) is 0. The van der Waals surface area contributed by atoms with Gasteiger partial charge in [-0.3, -0.25) is 4.98 Å². The largest absolute Gasteiger partial charge is 0.463 e. The average molecular weight is 127 g/mol. The van der Waals surface area contributed by atoms with Crippen LogP contribution in [-0.4, -0.2) is 11.8 Å². The van der Waals surface area contributed by atoms with E-state index in [1.165, 1.54) is 0 Å². The molecule has 3 heteroatoms. The molecule has 1 aromatic heterocycles. The van der Waals surface area contributed by atoms with Gasteiger partial charge in [0.15, 0.2) is 0 Å². The van der Waals surface area contributed by atoms with Crippen molar-refractivity contribution in [3.63, 3.8) is 0 Å². The van der Waals surface area contributed by atoms with Gasteiger partial charge in [0, 0.05) is 12.4 Å². The van der Waals surface area contributed by atoms with Gasteiger partial charge in [0.25, 0.3) is 0 Å². The van der Waals surface area contributed by atoms with Crippen molar-refractivity contribution in [2.24, 2.45) is 0 Å². The molecule has 0 aliphatic carbocycles. The minimum absolute atomic E-state index is 0.507. The van der Waals surface area contributed by atoms with E-state index in [2.05, 4.69) is 9.72 Å². The third kappa shape index (κ3) is 1.68. The number of pyridine rings is 1. The smallest absolute Gasteiger partial charge is 0.228 e. The first-order valence-corrected chi connectivity index (χ1v) is 2.52. The van der Waals surface area contributed by atoms with Crippen LogP contribution in [0.25, 0.3) is 0 Å². The number of halogens is 1. The van der Waals surface area contributed by atoms with Crippen molar-refractivity contribution in [1.82, 2.24) is 4.98 Å². The van der Waals surface area contributed by atoms with Gasteiger partial charge in [-0.1, -0.05) is 0 Å². The molecular formula is C6H6FNO. The summed E-state index contributed by atoms with van der Waals surface area (Å²) in [7, 11) is 0. The standard InChI is InChI=1S/C6H6FNO/c7-5-9-6-1-3-8-4-2-6/h1-4H,5H2. The summed E-state index contributed by atoms with van der Waals surface area (Å²) in [6.07, 6.45) is 3.09. The number of hydrogen-bond acceptors (Lipinski definition) is 2. The summed E-state index contributed by atoms with van der Waals surface area (Å²) in [6.45, 7) is -0.788. The number of aromatic nitrogens is 1. The topological polar surface area (TPSA) is 22.1 Å². The van der Waals surface area contributed by atoms with Crippen LogP contribution in [0.5, 0.6) is 5.75 Å². The van der Waals surface area contributed by atoms with Crippen molar-refractivity contribution in [3.05, 3.63) is 24.5 Å². The monoisotopic (exact) mass is 127 g/mol. The van der Waals surface area contributed by atoms with E-state index in [0.717, 1.165) is 0 Å². The third-order valence-corrected chi connectivity index (χ3v) is 0.871. The Morgan fingerprint density at radius 2 is 2.11 bits per heavy atom. The molecule has 0 aliphatic rings. The summed E-state index contributed by atoms with van der Waals surface area (Å²) in [5.41, 5.74) is 0. The molecule has 0 radical (unpaired) electrons. The van der Waals surface area contributed by atoms with Gasteiger partial charge < -0.3 is 4.74 Å². The lowest BCUT2D eigenvalue weighted by Gasteiger charge is -1.96. The van der Waals surface area contributed by atoms with Crippen LogP contribution >= 0.6 is 0 Å². The molecule has 2 nitrogen and oxygen atoms in total. The zero-order chi connectivity index (χ0) is 6.53. The quantitative estimate of drug-likeness (QED) is 0.598. The second-order valence-electron chi connectivity index (χ2n) is 1.44. The molecule has 1 rings (SSSR count). The van der Waals surface area contributed by atoms with Crippen LogP contribution in [0.3, 0.4) is 0 Å². The highest BCUT2D eigenvalue weighted by molar-refractivity contribution is 5.16. The van der Waals surface area contributed by atoms with Crippen LogP contribution in [0.4, 0.5) is 4.39 Å². The summed E-state index contributed by atoms with van der Waals surface area (Å²) >= 11 is 0. The first kappa shape index (κ1) is 6.01. The number of rotatable bonds is 2. The summed E-state index contributed by atoms with van der Waals surface area (Å²) in [4.78, 5) is 3.73. The SMILES string of the molecule is FCOc1ccncc1. The molecule has 0 N–H and O–H groups in total. The summed E-state index contributed by atoms with van der Waals surface area (Å²) in [6, 6.07) is 3.19. The first-order chi connectivity index (χ1) is 4.43. The van der Waals surface area contributed by atoms with Crippen LogP contribution in [0, 0.1) is 0 Å². The molecule has 0 aliphatic heterocycles. The minimum atomic E-state index is -0.788. The van der Waals surface area contributed by atoms with Crippen molar-refractivity contribution >= 4 is 0 Å². The van der Waals surface area contributed by atoms with Crippen LogP contribution < -0.4 is 4.74 Å². The van der Waals surface area contributed by atoms with Crippen molar-refractivity contribution in [2.75, 3.05) is 6.86 Å². The maximum absolute atomic E-state index is 11.4. The van der Waals surface area contributed by atoms with Gasteiger partial charge >= 0.3 is 0 Å². The normalized spacial score (nSPS) is 9.00. The van der Waals surface area contributed by atoms with E-state index in [9.17, 15) is 4.39 Å². The Labute approximate surface area is 52.3 Å². The maximum Gasteiger partial charge on any atom is 0.228 e. The van der Waals surface area contributed by atoms with Crippen molar-refractivity contribution in [3.8, 4) is 5.75 Å². The lowest BCUT2D eigenvalue weighted by molar-refractivity contribution is 0.191. The van der Waals surface area contributed by atoms with Crippen LogP contribution in [0.15, 0.2) is 24.5 Å². The number of alkyl halides is 1. The van der Waals surface area contributed by atoms with Crippen molar-refractivity contribution in [1.29, 1.82) is 0 Å². The molecular weight excluding hydrogens is 121 g/mol. The van der Waals surface area contributed by atoms with Gasteiger partial charge in [0.1, 0.15) is 5.75 Å². The summed E-state index contributed by atoms with van der Waals surface area (Å²) < 4.78 is 15.9. The van der Waals surface area contributed by atoms with Gasteiger partial charge in [0.2, 0.25) is 6.86 Å². The molecule has 0 spiro atoms. The Hall–Kier alpha value is -1.12. The predicted octanol–water partition coefficient (Wildman–Crippen LogP) is 1.39. The van der Waals surface area contributed by atoms with E-state index < -0.39 is 6.86 Å². The molecule has 0 fully saturated rings. The lowest BCUT2D eigenvalue weighted by Crippen LogP contribution is -1.88. The summed E-state index contributed by atoms with van der Waals surface area (Å²) in [5.74, 6) is 0.507. The zero-order valence-electron chi connectivity index (χ0n) is 4.75. The minimum Gasteiger partial charge on any atom is -0.463 e. The molecule has 0 saturated heterocycles. The number of nitrogens with zero attached hydrogens (tertiary/aromatic N) is 1. The Bertz CT molecular complexity index is 166.